The van der Waals surface area contributed by atoms with Crippen molar-refractivity contribution in [2.45, 2.75) is 73.5 Å². The van der Waals surface area contributed by atoms with E-state index in [0.717, 1.165) is 48.8 Å². The number of carbonyl (C=O) groups excluding carboxylic acids is 1. The number of nitrogens with zero attached hydrogens (tertiary/aromatic N) is 4. The summed E-state index contributed by atoms with van der Waals surface area (Å²) in [5.41, 5.74) is 0.768. The molecule has 34 heavy (non-hydrogen) atoms. The van der Waals surface area contributed by atoms with Gasteiger partial charge in [0.2, 0.25) is 5.91 Å². The third kappa shape index (κ3) is 4.70. The number of rotatable bonds is 5. The zero-order valence-electron chi connectivity index (χ0n) is 17.2. The predicted octanol–water partition coefficient (Wildman–Crippen LogP) is 5.54. The molecule has 0 unspecified atom stereocenters. The fourth-order valence-electron chi connectivity index (χ4n) is 4.79. The van der Waals surface area contributed by atoms with Gasteiger partial charge in [0, 0.05) is 31.6 Å². The van der Waals surface area contributed by atoms with Gasteiger partial charge in [0.1, 0.15) is 23.3 Å². The smallest absolute Gasteiger partial charge is 0.249 e. The maximum absolute atomic E-state index is 13.3. The van der Waals surface area contributed by atoms with Gasteiger partial charge in [0.15, 0.2) is 23.3 Å². The summed E-state index contributed by atoms with van der Waals surface area (Å²) < 4.78 is 45.3. The van der Waals surface area contributed by atoms with Crippen molar-refractivity contribution in [2.24, 2.45) is 5.92 Å². The van der Waals surface area contributed by atoms with Crippen molar-refractivity contribution in [3.8, 4) is 5.75 Å². The maximum atomic E-state index is 13.3. The minimum absolute atomic E-state index is 0. The fourth-order valence-corrected chi connectivity index (χ4v) is 4.79. The molecule has 3 heterocycles. The highest BCUT2D eigenvalue weighted by Gasteiger charge is 2.42. The van der Waals surface area contributed by atoms with Crippen LogP contribution in [0.1, 0.15) is 60.7 Å². The van der Waals surface area contributed by atoms with Crippen molar-refractivity contribution in [3.63, 3.8) is 0 Å². The number of fused-ring (bicyclic) bond motifs is 3. The van der Waals surface area contributed by atoms with Crippen LogP contribution in [0.2, 0.25) is 0 Å². The van der Waals surface area contributed by atoms with Crippen LogP contribution in [0.3, 0.4) is 0 Å². The Morgan fingerprint density at radius 3 is 2.44 bits per heavy atom. The summed E-state index contributed by atoms with van der Waals surface area (Å²) in [5, 5.41) is 0. The number of carbonyl (C=O) groups is 1. The van der Waals surface area contributed by atoms with Crippen LogP contribution in [0.5, 0.6) is 5.75 Å². The van der Waals surface area contributed by atoms with Crippen molar-refractivity contribution in [2.75, 3.05) is 22.9 Å². The van der Waals surface area contributed by atoms with E-state index in [1.54, 1.807) is 11.1 Å². The molecule has 5 rings (SSSR count). The van der Waals surface area contributed by atoms with E-state index in [0.29, 0.717) is 31.7 Å². The summed E-state index contributed by atoms with van der Waals surface area (Å²) >= 11 is 0. The average molecular weight is 481 g/mol. The third-order valence-electron chi connectivity index (χ3n) is 6.41. The Morgan fingerprint density at radius 1 is 1.12 bits per heavy atom. The van der Waals surface area contributed by atoms with Gasteiger partial charge < -0.3 is 14.5 Å². The minimum Gasteiger partial charge on any atom is -0.490 e. The molecular formula is C25H35F3N4O2. The van der Waals surface area contributed by atoms with E-state index < -0.39 is 17.5 Å². The number of amides is 1. The highest BCUT2D eigenvalue weighted by molar-refractivity contribution is 6.04. The Balaban J connectivity index is 0.00000136. The van der Waals surface area contributed by atoms with Crippen LogP contribution < -0.4 is 14.5 Å². The van der Waals surface area contributed by atoms with Gasteiger partial charge in [-0.3, -0.25) is 4.79 Å². The molecule has 0 spiro atoms. The van der Waals surface area contributed by atoms with Gasteiger partial charge in [0.05, 0.1) is 12.3 Å². The maximum Gasteiger partial charge on any atom is 0.249 e. The fraction of sp³-hybridized carbons (Fsp3) is 0.560. The zero-order valence-corrected chi connectivity index (χ0v) is 17.2. The van der Waals surface area contributed by atoms with E-state index in [4.69, 9.17) is 9.72 Å². The molecule has 6 nitrogen and oxygen atoms in total. The first-order chi connectivity index (χ1) is 14.9. The lowest BCUT2D eigenvalue weighted by Gasteiger charge is -2.38. The van der Waals surface area contributed by atoms with E-state index >= 15 is 0 Å². The lowest BCUT2D eigenvalue weighted by atomic mass is 9.80. The molecule has 3 aliphatic rings. The summed E-state index contributed by atoms with van der Waals surface area (Å²) in [7, 11) is 0. The van der Waals surface area contributed by atoms with Crippen molar-refractivity contribution >= 4 is 17.4 Å². The van der Waals surface area contributed by atoms with Gasteiger partial charge in [-0.05, 0) is 38.5 Å². The second-order valence-electron chi connectivity index (χ2n) is 8.41. The summed E-state index contributed by atoms with van der Waals surface area (Å²) in [6.45, 7) is 3.36. The number of ether oxygens (including phenoxy) is 1. The summed E-state index contributed by atoms with van der Waals surface area (Å²) in [5.74, 6) is -2.05. The molecule has 1 saturated carbocycles. The van der Waals surface area contributed by atoms with Crippen molar-refractivity contribution in [1.82, 2.24) is 9.97 Å². The van der Waals surface area contributed by atoms with Crippen LogP contribution in [-0.4, -0.2) is 41.1 Å². The van der Waals surface area contributed by atoms with Gasteiger partial charge in [0.25, 0.3) is 0 Å². The first-order valence-electron chi connectivity index (χ1n) is 10.7. The monoisotopic (exact) mass is 480 g/mol. The first-order valence-corrected chi connectivity index (χ1v) is 10.7. The zero-order chi connectivity index (χ0) is 21.7. The Hall–Kier alpha value is -2.84. The van der Waals surface area contributed by atoms with Crippen molar-refractivity contribution < 1.29 is 22.7 Å². The van der Waals surface area contributed by atoms with Gasteiger partial charge in [-0.25, -0.2) is 23.1 Å². The molecule has 2 aromatic rings. The van der Waals surface area contributed by atoms with E-state index in [2.05, 4.69) is 9.88 Å². The number of benzene rings is 1. The second kappa shape index (κ2) is 10.6. The Kier molecular flexibility index (Phi) is 8.55. The molecule has 1 atom stereocenters. The number of anilines is 2. The number of hydrogen-bond acceptors (Lipinski definition) is 5. The summed E-state index contributed by atoms with van der Waals surface area (Å²) in [6.07, 6.45) is 5.45. The van der Waals surface area contributed by atoms with E-state index in [9.17, 15) is 18.0 Å². The standard InChI is InChI=1S/C22H23F3N4O2.3CH4/c1-2-28-18-11-26-19(27-21(18)29-5-3-4-17(29)22(28)30)8-12-6-13(7-12)31-14-9-15(23)20(25)16(24)10-14;;;/h9-13,17H,2-8H2,1H3;3*1H4/t12?,13?,17-;;;/m1.../s1. The van der Waals surface area contributed by atoms with Gasteiger partial charge in [-0.15, -0.1) is 0 Å². The molecule has 1 amide bonds. The molecule has 2 aliphatic heterocycles. The molecule has 2 fully saturated rings. The molecule has 0 N–H and O–H groups in total. The molecule has 1 aromatic heterocycles. The number of likely N-dealkylation sites (N-methyl/N-ethyl adjacent to an activating group) is 1. The molecular weight excluding hydrogens is 445 g/mol. The van der Waals surface area contributed by atoms with Crippen LogP contribution in [0.4, 0.5) is 24.7 Å². The highest BCUT2D eigenvalue weighted by atomic mass is 19.2. The van der Waals surface area contributed by atoms with Crippen LogP contribution in [0, 0.1) is 23.4 Å². The van der Waals surface area contributed by atoms with Crippen LogP contribution in [0.15, 0.2) is 18.3 Å². The molecule has 1 saturated heterocycles. The average Bonchev–Trinajstić information content (AvgIpc) is 3.21. The van der Waals surface area contributed by atoms with Gasteiger partial charge >= 0.3 is 0 Å². The summed E-state index contributed by atoms with van der Waals surface area (Å²) in [6, 6.07) is 1.60. The predicted molar refractivity (Wildman–Crippen MR) is 128 cm³/mol. The largest absolute Gasteiger partial charge is 0.490 e. The highest BCUT2D eigenvalue weighted by Crippen LogP contribution is 2.39. The molecule has 0 bridgehead atoms. The number of halogens is 3. The number of aromatic nitrogens is 2. The van der Waals surface area contributed by atoms with Crippen LogP contribution >= 0.6 is 0 Å². The molecule has 0 radical (unpaired) electrons. The van der Waals surface area contributed by atoms with Crippen molar-refractivity contribution in [3.05, 3.63) is 41.6 Å². The lowest BCUT2D eigenvalue weighted by molar-refractivity contribution is -0.119. The molecule has 9 heteroatoms. The quantitative estimate of drug-likeness (QED) is 0.526. The number of hydrogen-bond donors (Lipinski definition) is 0. The van der Waals surface area contributed by atoms with Crippen LogP contribution in [-0.2, 0) is 11.2 Å². The Bertz CT molecular complexity index is 1010. The lowest BCUT2D eigenvalue weighted by Crippen LogP contribution is -2.51. The topological polar surface area (TPSA) is 58.6 Å². The second-order valence-corrected chi connectivity index (χ2v) is 8.41. The third-order valence-corrected chi connectivity index (χ3v) is 6.41. The Labute approximate surface area is 200 Å². The van der Waals surface area contributed by atoms with E-state index in [1.165, 1.54) is 0 Å². The Morgan fingerprint density at radius 2 is 1.79 bits per heavy atom. The first kappa shape index (κ1) is 27.4. The van der Waals surface area contributed by atoms with E-state index in [1.807, 2.05) is 6.92 Å². The molecule has 188 valence electrons. The summed E-state index contributed by atoms with van der Waals surface area (Å²) in [4.78, 5) is 25.9. The van der Waals surface area contributed by atoms with Gasteiger partial charge in [-0.1, -0.05) is 22.3 Å². The van der Waals surface area contributed by atoms with Crippen LogP contribution in [0.25, 0.3) is 0 Å². The van der Waals surface area contributed by atoms with Gasteiger partial charge in [-0.2, -0.15) is 0 Å². The molecule has 1 aromatic carbocycles. The van der Waals surface area contributed by atoms with E-state index in [-0.39, 0.29) is 46.1 Å². The minimum atomic E-state index is -1.49. The van der Waals surface area contributed by atoms with Crippen molar-refractivity contribution in [1.29, 1.82) is 0 Å². The normalized spacial score (nSPS) is 22.5. The molecule has 1 aliphatic carbocycles. The SMILES string of the molecule is C.C.C.CCN1C(=O)[C@H]2CCCN2c2nc(CC3CC(Oc4cc(F)c(F)c(F)c4)C3)ncc21.